The Bertz CT molecular complexity index is 1070. The first kappa shape index (κ1) is 18.2. The van der Waals surface area contributed by atoms with E-state index in [0.29, 0.717) is 12.1 Å². The molecule has 1 amide bonds. The number of thiophene rings is 1. The number of carbonyl (C=O) groups excluding carboxylic acids is 1. The maximum absolute atomic E-state index is 13.2. The van der Waals surface area contributed by atoms with E-state index in [1.807, 2.05) is 16.4 Å². The lowest BCUT2D eigenvalue weighted by Gasteiger charge is -2.39. The summed E-state index contributed by atoms with van der Waals surface area (Å²) in [6.45, 7) is 9.01. The third-order valence-corrected chi connectivity index (χ3v) is 6.82. The van der Waals surface area contributed by atoms with Gasteiger partial charge in [-0.05, 0) is 53.0 Å². The Kier molecular flexibility index (Phi) is 4.58. The molecule has 7 heteroatoms. The predicted molar refractivity (Wildman–Crippen MR) is 109 cm³/mol. The number of hydrogen-bond acceptors (Lipinski definition) is 4. The van der Waals surface area contributed by atoms with Gasteiger partial charge in [0.25, 0.3) is 5.56 Å². The van der Waals surface area contributed by atoms with Crippen LogP contribution in [0.4, 0.5) is 0 Å². The number of piperidine rings is 1. The van der Waals surface area contributed by atoms with Crippen LogP contribution in [-0.2, 0) is 17.9 Å². The highest BCUT2D eigenvalue weighted by molar-refractivity contribution is 7.20. The maximum atomic E-state index is 13.2. The van der Waals surface area contributed by atoms with Crippen LogP contribution in [-0.4, -0.2) is 37.2 Å². The Morgan fingerprint density at radius 3 is 2.67 bits per heavy atom. The average molecular weight is 387 g/mol. The van der Waals surface area contributed by atoms with E-state index in [1.165, 1.54) is 9.56 Å². The van der Waals surface area contributed by atoms with Gasteiger partial charge in [0, 0.05) is 28.9 Å². The molecule has 4 heterocycles. The fraction of sp³-hybridized carbons (Fsp3) is 0.550. The van der Waals surface area contributed by atoms with E-state index in [1.54, 1.807) is 17.5 Å². The van der Waals surface area contributed by atoms with Gasteiger partial charge in [-0.15, -0.1) is 11.3 Å². The number of rotatable bonds is 3. The van der Waals surface area contributed by atoms with Crippen LogP contribution in [0.2, 0.25) is 0 Å². The monoisotopic (exact) mass is 386 g/mol. The molecule has 0 unspecified atom stereocenters. The van der Waals surface area contributed by atoms with Crippen molar-refractivity contribution in [1.82, 2.24) is 19.2 Å². The van der Waals surface area contributed by atoms with Crippen LogP contribution in [0, 0.1) is 6.92 Å². The minimum atomic E-state index is -0.180. The third kappa shape index (κ3) is 2.88. The van der Waals surface area contributed by atoms with Gasteiger partial charge in [-0.25, -0.2) is 4.68 Å². The van der Waals surface area contributed by atoms with Crippen molar-refractivity contribution in [3.8, 4) is 0 Å². The van der Waals surface area contributed by atoms with Crippen LogP contribution < -0.4 is 5.56 Å². The number of nitrogens with zero attached hydrogens (tertiary/aromatic N) is 4. The van der Waals surface area contributed by atoms with Crippen LogP contribution in [0.25, 0.3) is 21.1 Å². The van der Waals surface area contributed by atoms with E-state index in [0.717, 1.165) is 34.9 Å². The molecule has 4 rings (SSSR count). The van der Waals surface area contributed by atoms with Gasteiger partial charge in [-0.3, -0.25) is 9.59 Å². The molecule has 3 aromatic heterocycles. The lowest BCUT2D eigenvalue weighted by Crippen LogP contribution is -2.49. The smallest absolute Gasteiger partial charge is 0.291 e. The molecule has 27 heavy (non-hydrogen) atoms. The molecule has 1 fully saturated rings. The Hall–Kier alpha value is -2.15. The number of amides is 1. The van der Waals surface area contributed by atoms with Crippen molar-refractivity contribution in [2.24, 2.45) is 0 Å². The average Bonchev–Trinajstić information content (AvgIpc) is 3.12. The lowest BCUT2D eigenvalue weighted by molar-refractivity contribution is -0.138. The molecule has 1 aliphatic heterocycles. The van der Waals surface area contributed by atoms with Crippen LogP contribution >= 0.6 is 11.3 Å². The van der Waals surface area contributed by atoms with Gasteiger partial charge in [-0.2, -0.15) is 5.10 Å². The SMILES string of the molecule is CCn1c2cc(C)sc2c2cnn(CC(=O)N3[C@@H](C)CCC[C@@H]3C)c(=O)c21. The predicted octanol–water partition coefficient (Wildman–Crippen LogP) is 3.53. The number of aromatic nitrogens is 3. The minimum absolute atomic E-state index is 0.00498. The molecule has 0 aromatic carbocycles. The number of likely N-dealkylation sites (tertiary alicyclic amines) is 1. The minimum Gasteiger partial charge on any atom is -0.336 e. The van der Waals surface area contributed by atoms with Gasteiger partial charge < -0.3 is 9.47 Å². The molecule has 0 saturated carbocycles. The molecule has 1 aliphatic rings. The quantitative estimate of drug-likeness (QED) is 0.692. The zero-order valence-electron chi connectivity index (χ0n) is 16.4. The van der Waals surface area contributed by atoms with E-state index in [-0.39, 0.29) is 30.1 Å². The Balaban J connectivity index is 1.76. The molecule has 0 radical (unpaired) electrons. The highest BCUT2D eigenvalue weighted by atomic mass is 32.1. The Morgan fingerprint density at radius 1 is 1.30 bits per heavy atom. The third-order valence-electron chi connectivity index (χ3n) is 5.74. The first-order chi connectivity index (χ1) is 12.9. The van der Waals surface area contributed by atoms with E-state index in [9.17, 15) is 9.59 Å². The largest absolute Gasteiger partial charge is 0.336 e. The zero-order chi connectivity index (χ0) is 19.3. The van der Waals surface area contributed by atoms with Gasteiger partial charge in [0.2, 0.25) is 5.91 Å². The summed E-state index contributed by atoms with van der Waals surface area (Å²) < 4.78 is 4.48. The molecular formula is C20H26N4O2S. The van der Waals surface area contributed by atoms with Crippen molar-refractivity contribution in [3.63, 3.8) is 0 Å². The number of hydrogen-bond donors (Lipinski definition) is 0. The van der Waals surface area contributed by atoms with Gasteiger partial charge in [-0.1, -0.05) is 0 Å². The number of carbonyl (C=O) groups is 1. The van der Waals surface area contributed by atoms with Gasteiger partial charge in [0.05, 0.1) is 16.4 Å². The summed E-state index contributed by atoms with van der Waals surface area (Å²) in [5.74, 6) is -0.0177. The second-order valence-corrected chi connectivity index (χ2v) is 8.87. The van der Waals surface area contributed by atoms with Crippen molar-refractivity contribution >= 4 is 38.4 Å². The summed E-state index contributed by atoms with van der Waals surface area (Å²) in [5.41, 5.74) is 1.55. The molecule has 2 atom stereocenters. The molecule has 1 saturated heterocycles. The second kappa shape index (κ2) is 6.78. The van der Waals surface area contributed by atoms with Crippen LogP contribution in [0.3, 0.4) is 0 Å². The van der Waals surface area contributed by atoms with Crippen molar-refractivity contribution < 1.29 is 4.79 Å². The second-order valence-electron chi connectivity index (χ2n) is 7.62. The molecule has 3 aromatic rings. The molecule has 0 bridgehead atoms. The molecule has 144 valence electrons. The molecule has 0 N–H and O–H groups in total. The van der Waals surface area contributed by atoms with Crippen molar-refractivity contribution in [3.05, 3.63) is 27.5 Å². The molecule has 0 spiro atoms. The zero-order valence-corrected chi connectivity index (χ0v) is 17.2. The van der Waals surface area contributed by atoms with Crippen LogP contribution in [0.15, 0.2) is 17.1 Å². The summed E-state index contributed by atoms with van der Waals surface area (Å²) in [6, 6.07) is 2.55. The maximum Gasteiger partial charge on any atom is 0.291 e. The normalized spacial score (nSPS) is 20.7. The Labute approximate surface area is 162 Å². The van der Waals surface area contributed by atoms with Gasteiger partial charge in [0.1, 0.15) is 12.1 Å². The first-order valence-corrected chi connectivity index (χ1v) is 10.5. The van der Waals surface area contributed by atoms with E-state index >= 15 is 0 Å². The molecular weight excluding hydrogens is 360 g/mol. The summed E-state index contributed by atoms with van der Waals surface area (Å²) in [4.78, 5) is 29.2. The van der Waals surface area contributed by atoms with Gasteiger partial charge in [0.15, 0.2) is 0 Å². The van der Waals surface area contributed by atoms with Crippen molar-refractivity contribution in [2.45, 2.75) is 72.1 Å². The van der Waals surface area contributed by atoms with Crippen molar-refractivity contribution in [2.75, 3.05) is 0 Å². The summed E-state index contributed by atoms with van der Waals surface area (Å²) in [7, 11) is 0. The highest BCUT2D eigenvalue weighted by Gasteiger charge is 2.29. The Morgan fingerprint density at radius 2 is 2.00 bits per heavy atom. The summed E-state index contributed by atoms with van der Waals surface area (Å²) in [6.07, 6.45) is 4.94. The standard InChI is InChI=1S/C20H26N4O2S/c1-5-22-16-9-14(4)27-19(16)15-10-21-23(20(26)18(15)22)11-17(25)24-12(2)7-6-8-13(24)3/h9-10,12-13H,5-8,11H2,1-4H3/t12-,13-/m0/s1. The lowest BCUT2D eigenvalue weighted by atomic mass is 9.97. The van der Waals surface area contributed by atoms with Crippen LogP contribution in [0.1, 0.15) is 44.9 Å². The molecule has 6 nitrogen and oxygen atoms in total. The number of aryl methyl sites for hydroxylation is 2. The number of fused-ring (bicyclic) bond motifs is 3. The van der Waals surface area contributed by atoms with E-state index in [4.69, 9.17) is 0 Å². The molecule has 0 aliphatic carbocycles. The first-order valence-electron chi connectivity index (χ1n) is 9.72. The van der Waals surface area contributed by atoms with Crippen LogP contribution in [0.5, 0.6) is 0 Å². The van der Waals surface area contributed by atoms with E-state index < -0.39 is 0 Å². The van der Waals surface area contributed by atoms with Gasteiger partial charge >= 0.3 is 0 Å². The highest BCUT2D eigenvalue weighted by Crippen LogP contribution is 2.33. The fourth-order valence-corrected chi connectivity index (χ4v) is 5.51. The van der Waals surface area contributed by atoms with E-state index in [2.05, 4.69) is 31.9 Å². The summed E-state index contributed by atoms with van der Waals surface area (Å²) >= 11 is 1.69. The van der Waals surface area contributed by atoms with Crippen molar-refractivity contribution in [1.29, 1.82) is 0 Å². The fourth-order valence-electron chi connectivity index (χ4n) is 4.48. The topological polar surface area (TPSA) is 60.1 Å². The summed E-state index contributed by atoms with van der Waals surface area (Å²) in [5, 5.41) is 5.24.